The first-order valence-electron chi connectivity index (χ1n) is 6.13. The largest absolute Gasteiger partial charge is 0.525 e. The van der Waals surface area contributed by atoms with E-state index in [4.69, 9.17) is 10.2 Å². The highest BCUT2D eigenvalue weighted by Gasteiger charge is 2.30. The summed E-state index contributed by atoms with van der Waals surface area (Å²) in [6.07, 6.45) is -1.42. The van der Waals surface area contributed by atoms with Gasteiger partial charge < -0.3 is 20.2 Å². The predicted octanol–water partition coefficient (Wildman–Crippen LogP) is 0.939. The topological polar surface area (TPSA) is 90.2 Å². The monoisotopic (exact) mass is 267 g/mol. The molecule has 1 aromatic carbocycles. The minimum Gasteiger partial charge on any atom is -0.448 e. The normalized spacial score (nSPS) is 24.1. The SMILES string of the molecule is O=C(O)ON1CCC(c2ccc(CO)cc2)C(O)C1. The summed E-state index contributed by atoms with van der Waals surface area (Å²) in [5.41, 5.74) is 1.81. The van der Waals surface area contributed by atoms with Gasteiger partial charge in [0.25, 0.3) is 0 Å². The third kappa shape index (κ3) is 3.44. The molecular formula is C13H17NO5. The number of carbonyl (C=O) groups is 1. The number of hydroxylamine groups is 2. The summed E-state index contributed by atoms with van der Waals surface area (Å²) in [7, 11) is 0. The lowest BCUT2D eigenvalue weighted by molar-refractivity contribution is -0.154. The van der Waals surface area contributed by atoms with E-state index in [9.17, 15) is 9.90 Å². The van der Waals surface area contributed by atoms with Gasteiger partial charge in [-0.3, -0.25) is 0 Å². The van der Waals surface area contributed by atoms with Crippen LogP contribution in [0.2, 0.25) is 0 Å². The van der Waals surface area contributed by atoms with Gasteiger partial charge in [0.05, 0.1) is 19.3 Å². The Morgan fingerprint density at radius 1 is 1.37 bits per heavy atom. The first kappa shape index (κ1) is 13.8. The summed E-state index contributed by atoms with van der Waals surface area (Å²) in [5, 5.41) is 28.8. The fourth-order valence-electron chi connectivity index (χ4n) is 2.36. The van der Waals surface area contributed by atoms with E-state index < -0.39 is 12.3 Å². The third-order valence-electron chi connectivity index (χ3n) is 3.34. The molecule has 1 heterocycles. The highest BCUT2D eigenvalue weighted by Crippen LogP contribution is 2.28. The van der Waals surface area contributed by atoms with Crippen LogP contribution in [0, 0.1) is 0 Å². The smallest absolute Gasteiger partial charge is 0.448 e. The van der Waals surface area contributed by atoms with Crippen LogP contribution in [-0.4, -0.2) is 45.7 Å². The van der Waals surface area contributed by atoms with Crippen molar-refractivity contribution in [2.45, 2.75) is 25.0 Å². The molecule has 2 rings (SSSR count). The van der Waals surface area contributed by atoms with Gasteiger partial charge in [0, 0.05) is 12.5 Å². The lowest BCUT2D eigenvalue weighted by Crippen LogP contribution is -2.43. The number of hydrogen-bond donors (Lipinski definition) is 3. The Kier molecular flexibility index (Phi) is 4.36. The van der Waals surface area contributed by atoms with Gasteiger partial charge in [0.2, 0.25) is 0 Å². The Balaban J connectivity index is 2.00. The van der Waals surface area contributed by atoms with Crippen LogP contribution in [0.15, 0.2) is 24.3 Å². The zero-order chi connectivity index (χ0) is 13.8. The Morgan fingerprint density at radius 3 is 2.58 bits per heavy atom. The van der Waals surface area contributed by atoms with Crippen LogP contribution in [0.1, 0.15) is 23.5 Å². The van der Waals surface area contributed by atoms with Crippen LogP contribution in [0.4, 0.5) is 4.79 Å². The number of carboxylic acid groups (broad SMARTS) is 1. The first-order valence-corrected chi connectivity index (χ1v) is 6.13. The first-order chi connectivity index (χ1) is 9.10. The zero-order valence-corrected chi connectivity index (χ0v) is 10.4. The summed E-state index contributed by atoms with van der Waals surface area (Å²) in [4.78, 5) is 15.0. The third-order valence-corrected chi connectivity index (χ3v) is 3.34. The molecule has 2 atom stereocenters. The summed E-state index contributed by atoms with van der Waals surface area (Å²) in [6.45, 7) is 0.613. The molecule has 0 spiro atoms. The van der Waals surface area contributed by atoms with Gasteiger partial charge in [-0.25, -0.2) is 4.79 Å². The highest BCUT2D eigenvalue weighted by atomic mass is 16.8. The van der Waals surface area contributed by atoms with Crippen molar-refractivity contribution >= 4 is 6.16 Å². The molecule has 104 valence electrons. The van der Waals surface area contributed by atoms with Gasteiger partial charge in [-0.15, -0.1) is 5.06 Å². The Morgan fingerprint density at radius 2 is 2.05 bits per heavy atom. The van der Waals surface area contributed by atoms with E-state index in [0.29, 0.717) is 13.0 Å². The van der Waals surface area contributed by atoms with Gasteiger partial charge in [-0.1, -0.05) is 24.3 Å². The maximum atomic E-state index is 10.4. The number of piperidine rings is 1. The van der Waals surface area contributed by atoms with E-state index in [1.54, 1.807) is 0 Å². The standard InChI is InChI=1S/C13H17NO5/c15-8-9-1-3-10(4-2-9)11-5-6-14(7-12(11)16)19-13(17)18/h1-4,11-12,15-16H,5-8H2,(H,17,18). The fraction of sp³-hybridized carbons (Fsp3) is 0.462. The van der Waals surface area contributed by atoms with Crippen molar-refractivity contribution in [2.75, 3.05) is 13.1 Å². The van der Waals surface area contributed by atoms with E-state index in [1.807, 2.05) is 24.3 Å². The predicted molar refractivity (Wildman–Crippen MR) is 66.4 cm³/mol. The number of β-amino-alcohol motifs (C(OH)–C–C–N with tert-alkyl or cyclic N) is 1. The van der Waals surface area contributed by atoms with Crippen molar-refractivity contribution in [3.05, 3.63) is 35.4 Å². The summed E-state index contributed by atoms with van der Waals surface area (Å²) in [6, 6.07) is 7.41. The number of rotatable bonds is 3. The number of hydrogen-bond acceptors (Lipinski definition) is 5. The zero-order valence-electron chi connectivity index (χ0n) is 10.4. The second kappa shape index (κ2) is 6.01. The molecule has 3 N–H and O–H groups in total. The number of nitrogens with zero attached hydrogens (tertiary/aromatic N) is 1. The van der Waals surface area contributed by atoms with Crippen LogP contribution >= 0.6 is 0 Å². The van der Waals surface area contributed by atoms with E-state index in [0.717, 1.165) is 11.1 Å². The Labute approximate surface area is 110 Å². The molecule has 0 amide bonds. The molecule has 0 aromatic heterocycles. The van der Waals surface area contributed by atoms with Gasteiger partial charge in [-0.2, -0.15) is 0 Å². The maximum Gasteiger partial charge on any atom is 0.525 e. The molecule has 1 saturated heterocycles. The molecule has 6 heteroatoms. The quantitative estimate of drug-likeness (QED) is 0.755. The maximum absolute atomic E-state index is 10.4. The summed E-state index contributed by atoms with van der Waals surface area (Å²) in [5.74, 6) is -0.0404. The number of aliphatic hydroxyl groups excluding tert-OH is 2. The Hall–Kier alpha value is -1.63. The van der Waals surface area contributed by atoms with Crippen LogP contribution in [0.25, 0.3) is 0 Å². The van der Waals surface area contributed by atoms with E-state index >= 15 is 0 Å². The van der Waals surface area contributed by atoms with Gasteiger partial charge >= 0.3 is 6.16 Å². The van der Waals surface area contributed by atoms with Crippen molar-refractivity contribution in [1.29, 1.82) is 0 Å². The van der Waals surface area contributed by atoms with Crippen molar-refractivity contribution in [3.63, 3.8) is 0 Å². The van der Waals surface area contributed by atoms with E-state index in [1.165, 1.54) is 5.06 Å². The summed E-state index contributed by atoms with van der Waals surface area (Å²) >= 11 is 0. The van der Waals surface area contributed by atoms with Gasteiger partial charge in [0.15, 0.2) is 0 Å². The molecule has 6 nitrogen and oxygen atoms in total. The lowest BCUT2D eigenvalue weighted by atomic mass is 9.87. The highest BCUT2D eigenvalue weighted by molar-refractivity contribution is 5.56. The Bertz CT molecular complexity index is 433. The van der Waals surface area contributed by atoms with Crippen molar-refractivity contribution in [2.24, 2.45) is 0 Å². The molecule has 1 fully saturated rings. The molecule has 19 heavy (non-hydrogen) atoms. The second-order valence-corrected chi connectivity index (χ2v) is 4.61. The minimum atomic E-state index is -1.36. The van der Waals surface area contributed by atoms with Crippen molar-refractivity contribution in [3.8, 4) is 0 Å². The molecule has 0 saturated carbocycles. The van der Waals surface area contributed by atoms with Crippen LogP contribution in [0.3, 0.4) is 0 Å². The molecule has 1 aliphatic rings. The molecular weight excluding hydrogens is 250 g/mol. The van der Waals surface area contributed by atoms with E-state index in [-0.39, 0.29) is 19.1 Å². The molecule has 0 radical (unpaired) electrons. The van der Waals surface area contributed by atoms with Gasteiger partial charge in [-0.05, 0) is 17.5 Å². The molecule has 0 bridgehead atoms. The molecule has 1 aliphatic heterocycles. The van der Waals surface area contributed by atoms with E-state index in [2.05, 4.69) is 4.84 Å². The lowest BCUT2D eigenvalue weighted by Gasteiger charge is -2.34. The number of aliphatic hydroxyl groups is 2. The average molecular weight is 267 g/mol. The molecule has 0 aliphatic carbocycles. The van der Waals surface area contributed by atoms with Crippen molar-refractivity contribution in [1.82, 2.24) is 5.06 Å². The van der Waals surface area contributed by atoms with Crippen LogP contribution in [-0.2, 0) is 11.4 Å². The number of benzene rings is 1. The van der Waals surface area contributed by atoms with Crippen molar-refractivity contribution < 1.29 is 25.0 Å². The van der Waals surface area contributed by atoms with Gasteiger partial charge in [0.1, 0.15) is 0 Å². The minimum absolute atomic E-state index is 0.00622. The second-order valence-electron chi connectivity index (χ2n) is 4.61. The van der Waals surface area contributed by atoms with Crippen LogP contribution in [0.5, 0.6) is 0 Å². The fourth-order valence-corrected chi connectivity index (χ4v) is 2.36. The summed E-state index contributed by atoms with van der Waals surface area (Å²) < 4.78 is 0. The van der Waals surface area contributed by atoms with Crippen LogP contribution < -0.4 is 0 Å². The molecule has 2 unspecified atom stereocenters. The molecule has 1 aromatic rings. The average Bonchev–Trinajstić information content (AvgIpc) is 2.38.